The van der Waals surface area contributed by atoms with Crippen molar-refractivity contribution < 1.29 is 9.90 Å². The van der Waals surface area contributed by atoms with Crippen molar-refractivity contribution in [1.82, 2.24) is 20.6 Å². The van der Waals surface area contributed by atoms with Gasteiger partial charge in [-0.1, -0.05) is 11.8 Å². The molecule has 1 aromatic rings. The number of likely N-dealkylation sites (N-methyl/N-ethyl adjacent to an activating group) is 1. The number of piperidine rings is 1. The number of rotatable bonds is 3. The van der Waals surface area contributed by atoms with E-state index in [0.717, 1.165) is 37.7 Å². The van der Waals surface area contributed by atoms with Gasteiger partial charge in [0.2, 0.25) is 5.95 Å². The van der Waals surface area contributed by atoms with Crippen LogP contribution in [0.15, 0.2) is 17.2 Å². The van der Waals surface area contributed by atoms with Gasteiger partial charge in [0.05, 0.1) is 10.6 Å². The molecule has 1 unspecified atom stereocenters. The number of hydrogen-bond acceptors (Lipinski definition) is 7. The number of thioether (sulfide) groups is 1. The Labute approximate surface area is 133 Å². The van der Waals surface area contributed by atoms with Crippen molar-refractivity contribution >= 4 is 29.7 Å². The summed E-state index contributed by atoms with van der Waals surface area (Å²) < 4.78 is 0. The van der Waals surface area contributed by atoms with E-state index in [1.165, 1.54) is 0 Å². The highest BCUT2D eigenvalue weighted by molar-refractivity contribution is 8.05. The predicted molar refractivity (Wildman–Crippen MR) is 86.0 cm³/mol. The summed E-state index contributed by atoms with van der Waals surface area (Å²) in [6, 6.07) is 2.13. The van der Waals surface area contributed by atoms with Crippen LogP contribution in [0.2, 0.25) is 0 Å². The molecule has 0 bridgehead atoms. The molecular formula is C14H19N5O2S. The first-order chi connectivity index (χ1) is 10.6. The largest absolute Gasteiger partial charge is 0.364 e. The number of nitrogens with zero attached hydrogens (tertiary/aromatic N) is 3. The molecule has 2 aliphatic heterocycles. The lowest BCUT2D eigenvalue weighted by atomic mass is 10.1. The fourth-order valence-electron chi connectivity index (χ4n) is 2.56. The predicted octanol–water partition coefficient (Wildman–Crippen LogP) is 0.145. The molecule has 0 radical (unpaired) electrons. The molecule has 0 aromatic carbocycles. The summed E-state index contributed by atoms with van der Waals surface area (Å²) in [5.41, 5.74) is -0.219. The van der Waals surface area contributed by atoms with Crippen LogP contribution in [-0.4, -0.2) is 52.7 Å². The Kier molecular flexibility index (Phi) is 4.60. The van der Waals surface area contributed by atoms with Crippen molar-refractivity contribution in [3.05, 3.63) is 22.9 Å². The summed E-state index contributed by atoms with van der Waals surface area (Å²) in [5, 5.41) is 15.2. The smallest absolute Gasteiger partial charge is 0.260 e. The second kappa shape index (κ2) is 6.64. The van der Waals surface area contributed by atoms with Gasteiger partial charge in [-0.3, -0.25) is 4.79 Å². The standard InChI is InChI=1S/C14H19N5O2S/c1-19(10-3-2-5-15-8-10)13-16-6-4-9(17-13)7-11-12(20)18-14(21)22-11/h4,6-7,10,14-15,21H,2-3,5,8H2,1H3,(H,18,20)/b11-7-/t10-,14?/m0/s1. The molecule has 3 rings (SSSR count). The molecule has 0 aliphatic carbocycles. The van der Waals surface area contributed by atoms with E-state index in [2.05, 4.69) is 25.5 Å². The van der Waals surface area contributed by atoms with Crippen molar-refractivity contribution in [2.75, 3.05) is 25.0 Å². The Balaban J connectivity index is 1.77. The van der Waals surface area contributed by atoms with Gasteiger partial charge >= 0.3 is 0 Å². The van der Waals surface area contributed by atoms with Crippen molar-refractivity contribution in [3.8, 4) is 0 Å². The Morgan fingerprint density at radius 1 is 1.55 bits per heavy atom. The van der Waals surface area contributed by atoms with Crippen LogP contribution in [0.3, 0.4) is 0 Å². The Morgan fingerprint density at radius 3 is 3.09 bits per heavy atom. The van der Waals surface area contributed by atoms with Gasteiger partial charge in [0, 0.05) is 25.8 Å². The maximum atomic E-state index is 11.6. The molecule has 2 fully saturated rings. The second-order valence-electron chi connectivity index (χ2n) is 5.34. The van der Waals surface area contributed by atoms with Crippen LogP contribution in [-0.2, 0) is 4.79 Å². The van der Waals surface area contributed by atoms with Gasteiger partial charge < -0.3 is 20.6 Å². The van der Waals surface area contributed by atoms with Crippen LogP contribution in [0.1, 0.15) is 18.5 Å². The zero-order chi connectivity index (χ0) is 15.5. The van der Waals surface area contributed by atoms with E-state index in [4.69, 9.17) is 0 Å². The molecule has 1 amide bonds. The van der Waals surface area contributed by atoms with Gasteiger partial charge in [-0.15, -0.1) is 0 Å². The molecule has 3 N–H and O–H groups in total. The number of aliphatic hydroxyl groups excluding tert-OH is 1. The lowest BCUT2D eigenvalue weighted by Gasteiger charge is -2.31. The monoisotopic (exact) mass is 321 g/mol. The molecular weight excluding hydrogens is 302 g/mol. The molecule has 8 heteroatoms. The minimum absolute atomic E-state index is 0.275. The van der Waals surface area contributed by atoms with Crippen molar-refractivity contribution in [2.45, 2.75) is 24.4 Å². The molecule has 22 heavy (non-hydrogen) atoms. The first kappa shape index (κ1) is 15.3. The Morgan fingerprint density at radius 2 is 2.41 bits per heavy atom. The van der Waals surface area contributed by atoms with Gasteiger partial charge in [0.25, 0.3) is 5.91 Å². The van der Waals surface area contributed by atoms with Gasteiger partial charge in [0.15, 0.2) is 5.56 Å². The summed E-state index contributed by atoms with van der Waals surface area (Å²) in [4.78, 5) is 23.0. The second-order valence-corrected chi connectivity index (χ2v) is 6.47. The molecule has 2 aliphatic rings. The quantitative estimate of drug-likeness (QED) is 0.683. The fraction of sp³-hybridized carbons (Fsp3) is 0.500. The Hall–Kier alpha value is -1.64. The number of carbonyl (C=O) groups excluding carboxylic acids is 1. The highest BCUT2D eigenvalue weighted by Gasteiger charge is 2.25. The Bertz CT molecular complexity index is 588. The first-order valence-electron chi connectivity index (χ1n) is 7.27. The summed E-state index contributed by atoms with van der Waals surface area (Å²) in [7, 11) is 1.99. The lowest BCUT2D eigenvalue weighted by molar-refractivity contribution is -0.117. The summed E-state index contributed by atoms with van der Waals surface area (Å²) >= 11 is 1.08. The molecule has 2 saturated heterocycles. The number of nitrogens with one attached hydrogen (secondary N) is 2. The molecule has 7 nitrogen and oxygen atoms in total. The lowest BCUT2D eigenvalue weighted by Crippen LogP contribution is -2.44. The number of carbonyl (C=O) groups is 1. The number of anilines is 1. The van der Waals surface area contributed by atoms with Crippen LogP contribution in [0.25, 0.3) is 6.08 Å². The van der Waals surface area contributed by atoms with E-state index in [1.54, 1.807) is 18.3 Å². The maximum Gasteiger partial charge on any atom is 0.260 e. The van der Waals surface area contributed by atoms with Crippen LogP contribution < -0.4 is 15.5 Å². The van der Waals surface area contributed by atoms with E-state index in [9.17, 15) is 9.90 Å². The third kappa shape index (κ3) is 3.40. The molecule has 2 atom stereocenters. The van der Waals surface area contributed by atoms with Crippen molar-refractivity contribution in [3.63, 3.8) is 0 Å². The van der Waals surface area contributed by atoms with Gasteiger partial charge in [0.1, 0.15) is 0 Å². The number of aliphatic hydroxyl groups is 1. The third-order valence-electron chi connectivity index (χ3n) is 3.79. The van der Waals surface area contributed by atoms with E-state index in [1.807, 2.05) is 7.05 Å². The number of aromatic nitrogens is 2. The molecule has 0 saturated carbocycles. The summed E-state index contributed by atoms with van der Waals surface area (Å²) in [6.45, 7) is 1.99. The highest BCUT2D eigenvalue weighted by atomic mass is 32.2. The minimum Gasteiger partial charge on any atom is -0.364 e. The highest BCUT2D eigenvalue weighted by Crippen LogP contribution is 2.27. The fourth-order valence-corrected chi connectivity index (χ4v) is 3.32. The average Bonchev–Trinajstić information content (AvgIpc) is 2.85. The third-order valence-corrected chi connectivity index (χ3v) is 4.69. The molecule has 0 spiro atoms. The topological polar surface area (TPSA) is 90.4 Å². The van der Waals surface area contributed by atoms with E-state index in [0.29, 0.717) is 22.6 Å². The van der Waals surface area contributed by atoms with Crippen molar-refractivity contribution in [2.24, 2.45) is 0 Å². The molecule has 1 aromatic heterocycles. The van der Waals surface area contributed by atoms with Gasteiger partial charge in [-0.05, 0) is 31.5 Å². The molecule has 3 heterocycles. The van der Waals surface area contributed by atoms with Gasteiger partial charge in [-0.2, -0.15) is 0 Å². The maximum absolute atomic E-state index is 11.6. The van der Waals surface area contributed by atoms with Crippen LogP contribution in [0.4, 0.5) is 5.95 Å². The van der Waals surface area contributed by atoms with E-state index in [-0.39, 0.29) is 5.91 Å². The molecule has 118 valence electrons. The normalized spacial score (nSPS) is 27.0. The average molecular weight is 321 g/mol. The number of amides is 1. The zero-order valence-corrected chi connectivity index (χ0v) is 13.1. The van der Waals surface area contributed by atoms with Gasteiger partial charge in [-0.25, -0.2) is 9.97 Å². The number of hydrogen-bond donors (Lipinski definition) is 3. The summed E-state index contributed by atoms with van der Waals surface area (Å²) in [6.07, 6.45) is 5.62. The van der Waals surface area contributed by atoms with Crippen LogP contribution >= 0.6 is 11.8 Å². The van der Waals surface area contributed by atoms with E-state index >= 15 is 0 Å². The van der Waals surface area contributed by atoms with Crippen LogP contribution in [0.5, 0.6) is 0 Å². The minimum atomic E-state index is -0.879. The zero-order valence-electron chi connectivity index (χ0n) is 12.3. The van der Waals surface area contributed by atoms with E-state index < -0.39 is 5.56 Å². The van der Waals surface area contributed by atoms with Crippen LogP contribution in [0, 0.1) is 0 Å². The first-order valence-corrected chi connectivity index (χ1v) is 8.15. The summed E-state index contributed by atoms with van der Waals surface area (Å²) in [5.74, 6) is 0.370. The van der Waals surface area contributed by atoms with Crippen molar-refractivity contribution in [1.29, 1.82) is 0 Å². The SMILES string of the molecule is CN(c1nccc(/C=C2\SC(O)NC2=O)n1)[C@H]1CCCNC1.